The highest BCUT2D eigenvalue weighted by molar-refractivity contribution is 7.17. The first kappa shape index (κ1) is 19.5. The zero-order valence-corrected chi connectivity index (χ0v) is 17.2. The van der Waals surface area contributed by atoms with Gasteiger partial charge in [-0.2, -0.15) is 0 Å². The molecule has 3 rings (SSSR count). The van der Waals surface area contributed by atoms with Gasteiger partial charge in [0, 0.05) is 25.4 Å². The van der Waals surface area contributed by atoms with Crippen LogP contribution in [0, 0.1) is 5.92 Å². The number of aromatic nitrogens is 4. The standard InChI is InChI=1S/C19H27N5O2S/c1-5-13(4)20-16(25)8-6-7-15-21-22-19-23(11-12(2)3)18(26)17-14(24(15)19)9-10-27-17/h9-10,12-13H,5-8,11H2,1-4H3,(H,20,25). The van der Waals surface area contributed by atoms with Crippen molar-refractivity contribution in [1.82, 2.24) is 24.5 Å². The number of carbonyl (C=O) groups is 1. The maximum Gasteiger partial charge on any atom is 0.272 e. The number of hydrogen-bond donors (Lipinski definition) is 1. The summed E-state index contributed by atoms with van der Waals surface area (Å²) in [5.74, 6) is 1.77. The van der Waals surface area contributed by atoms with Crippen LogP contribution in [0.2, 0.25) is 0 Å². The summed E-state index contributed by atoms with van der Waals surface area (Å²) in [7, 11) is 0. The molecule has 0 aliphatic heterocycles. The highest BCUT2D eigenvalue weighted by atomic mass is 32.1. The van der Waals surface area contributed by atoms with Crippen molar-refractivity contribution in [2.24, 2.45) is 5.92 Å². The van der Waals surface area contributed by atoms with Gasteiger partial charge >= 0.3 is 0 Å². The van der Waals surface area contributed by atoms with Crippen LogP contribution in [0.15, 0.2) is 16.2 Å². The third-order valence-electron chi connectivity index (χ3n) is 4.65. The number of rotatable bonds is 8. The predicted molar refractivity (Wildman–Crippen MR) is 108 cm³/mol. The first-order chi connectivity index (χ1) is 12.9. The maximum absolute atomic E-state index is 12.8. The summed E-state index contributed by atoms with van der Waals surface area (Å²) in [5.41, 5.74) is 0.845. The van der Waals surface area contributed by atoms with E-state index in [1.54, 1.807) is 4.57 Å². The third kappa shape index (κ3) is 4.05. The Morgan fingerprint density at radius 2 is 2.07 bits per heavy atom. The molecule has 3 aromatic heterocycles. The van der Waals surface area contributed by atoms with Gasteiger partial charge in [-0.25, -0.2) is 0 Å². The first-order valence-corrected chi connectivity index (χ1v) is 10.4. The van der Waals surface area contributed by atoms with Gasteiger partial charge in [0.15, 0.2) is 0 Å². The van der Waals surface area contributed by atoms with Crippen LogP contribution in [-0.2, 0) is 17.8 Å². The number of thiophene rings is 1. The van der Waals surface area contributed by atoms with E-state index in [1.165, 1.54) is 11.3 Å². The Bertz CT molecular complexity index is 1000. The lowest BCUT2D eigenvalue weighted by Gasteiger charge is -2.12. The molecule has 27 heavy (non-hydrogen) atoms. The lowest BCUT2D eigenvalue weighted by atomic mass is 10.2. The minimum Gasteiger partial charge on any atom is -0.354 e. The van der Waals surface area contributed by atoms with Crippen LogP contribution >= 0.6 is 11.3 Å². The molecule has 146 valence electrons. The fourth-order valence-corrected chi connectivity index (χ4v) is 3.95. The molecule has 0 spiro atoms. The van der Waals surface area contributed by atoms with E-state index < -0.39 is 0 Å². The van der Waals surface area contributed by atoms with Gasteiger partial charge in [-0.1, -0.05) is 20.8 Å². The average Bonchev–Trinajstić information content (AvgIpc) is 3.25. The summed E-state index contributed by atoms with van der Waals surface area (Å²) in [5, 5.41) is 13.5. The van der Waals surface area contributed by atoms with Crippen molar-refractivity contribution in [2.45, 2.75) is 66.0 Å². The second-order valence-electron chi connectivity index (χ2n) is 7.43. The second kappa shape index (κ2) is 8.21. The molecule has 0 aromatic carbocycles. The van der Waals surface area contributed by atoms with Crippen LogP contribution in [-0.4, -0.2) is 31.1 Å². The van der Waals surface area contributed by atoms with Gasteiger partial charge in [0.1, 0.15) is 10.5 Å². The van der Waals surface area contributed by atoms with Gasteiger partial charge in [0.25, 0.3) is 5.56 Å². The van der Waals surface area contributed by atoms with Crippen molar-refractivity contribution < 1.29 is 4.79 Å². The highest BCUT2D eigenvalue weighted by Crippen LogP contribution is 2.21. The molecule has 1 amide bonds. The molecule has 0 radical (unpaired) electrons. The molecule has 1 unspecified atom stereocenters. The average molecular weight is 390 g/mol. The number of hydrogen-bond acceptors (Lipinski definition) is 5. The number of nitrogens with zero attached hydrogens (tertiary/aromatic N) is 4. The zero-order chi connectivity index (χ0) is 19.6. The van der Waals surface area contributed by atoms with Gasteiger partial charge < -0.3 is 5.32 Å². The number of nitrogens with one attached hydrogen (secondary N) is 1. The topological polar surface area (TPSA) is 81.3 Å². The molecule has 3 aromatic rings. The molecule has 3 heterocycles. The SMILES string of the molecule is CCC(C)NC(=O)CCCc1nnc2n(CC(C)C)c(=O)c3sccc3n12. The molecule has 8 heteroatoms. The van der Waals surface area contributed by atoms with Crippen molar-refractivity contribution in [3.05, 3.63) is 27.6 Å². The Balaban J connectivity index is 1.88. The van der Waals surface area contributed by atoms with Crippen molar-refractivity contribution in [3.63, 3.8) is 0 Å². The van der Waals surface area contributed by atoms with E-state index >= 15 is 0 Å². The van der Waals surface area contributed by atoms with E-state index in [9.17, 15) is 9.59 Å². The van der Waals surface area contributed by atoms with Gasteiger partial charge in [0.05, 0.1) is 5.52 Å². The first-order valence-electron chi connectivity index (χ1n) is 9.55. The van der Waals surface area contributed by atoms with E-state index in [2.05, 4.69) is 36.3 Å². The fraction of sp³-hybridized carbons (Fsp3) is 0.579. The summed E-state index contributed by atoms with van der Waals surface area (Å²) in [6, 6.07) is 2.14. The molecule has 7 nitrogen and oxygen atoms in total. The van der Waals surface area contributed by atoms with E-state index in [-0.39, 0.29) is 17.5 Å². The molecule has 0 bridgehead atoms. The van der Waals surface area contributed by atoms with Crippen molar-refractivity contribution in [3.8, 4) is 0 Å². The summed E-state index contributed by atoms with van der Waals surface area (Å²) in [4.78, 5) is 24.8. The van der Waals surface area contributed by atoms with Crippen molar-refractivity contribution in [2.75, 3.05) is 0 Å². The molecule has 0 aliphatic rings. The van der Waals surface area contributed by atoms with Gasteiger partial charge in [-0.15, -0.1) is 21.5 Å². The summed E-state index contributed by atoms with van der Waals surface area (Å²) >= 11 is 1.45. The highest BCUT2D eigenvalue weighted by Gasteiger charge is 2.18. The Labute approximate surface area is 162 Å². The van der Waals surface area contributed by atoms with Crippen LogP contribution < -0.4 is 10.9 Å². The van der Waals surface area contributed by atoms with Crippen molar-refractivity contribution >= 4 is 33.2 Å². The van der Waals surface area contributed by atoms with E-state index in [4.69, 9.17) is 0 Å². The number of aryl methyl sites for hydroxylation is 1. The summed E-state index contributed by atoms with van der Waals surface area (Å²) in [6.45, 7) is 8.82. The number of fused-ring (bicyclic) bond motifs is 3. The lowest BCUT2D eigenvalue weighted by molar-refractivity contribution is -0.121. The van der Waals surface area contributed by atoms with Crippen LogP contribution in [0.4, 0.5) is 0 Å². The Hall–Kier alpha value is -2.22. The quantitative estimate of drug-likeness (QED) is 0.642. The lowest BCUT2D eigenvalue weighted by Crippen LogP contribution is -2.31. The van der Waals surface area contributed by atoms with Gasteiger partial charge in [-0.05, 0) is 37.1 Å². The minimum absolute atomic E-state index is 0.00641. The van der Waals surface area contributed by atoms with Crippen LogP contribution in [0.1, 0.15) is 52.8 Å². The van der Waals surface area contributed by atoms with Gasteiger partial charge in [0.2, 0.25) is 11.7 Å². The normalized spacial score (nSPS) is 12.9. The molecule has 1 atom stereocenters. The van der Waals surface area contributed by atoms with E-state index in [0.29, 0.717) is 37.5 Å². The molecule has 0 fully saturated rings. The van der Waals surface area contributed by atoms with E-state index in [1.807, 2.05) is 22.8 Å². The fourth-order valence-electron chi connectivity index (χ4n) is 3.13. The Morgan fingerprint density at radius 3 is 2.78 bits per heavy atom. The monoisotopic (exact) mass is 389 g/mol. The third-order valence-corrected chi connectivity index (χ3v) is 5.54. The number of carbonyl (C=O) groups excluding carboxylic acids is 1. The molecular weight excluding hydrogens is 362 g/mol. The molecular formula is C19H27N5O2S. The molecule has 0 saturated heterocycles. The van der Waals surface area contributed by atoms with Crippen LogP contribution in [0.25, 0.3) is 16.0 Å². The smallest absolute Gasteiger partial charge is 0.272 e. The zero-order valence-electron chi connectivity index (χ0n) is 16.4. The Morgan fingerprint density at radius 1 is 1.30 bits per heavy atom. The summed E-state index contributed by atoms with van der Waals surface area (Å²) in [6.07, 6.45) is 2.71. The predicted octanol–water partition coefficient (Wildman–Crippen LogP) is 3.00. The van der Waals surface area contributed by atoms with Gasteiger partial charge in [-0.3, -0.25) is 18.6 Å². The van der Waals surface area contributed by atoms with E-state index in [0.717, 1.165) is 22.5 Å². The molecule has 0 saturated carbocycles. The number of amides is 1. The second-order valence-corrected chi connectivity index (χ2v) is 8.34. The van der Waals surface area contributed by atoms with Crippen LogP contribution in [0.3, 0.4) is 0 Å². The maximum atomic E-state index is 12.8. The molecule has 0 aliphatic carbocycles. The van der Waals surface area contributed by atoms with Crippen LogP contribution in [0.5, 0.6) is 0 Å². The summed E-state index contributed by atoms with van der Waals surface area (Å²) < 4.78 is 4.41. The molecule has 1 N–H and O–H groups in total. The largest absolute Gasteiger partial charge is 0.354 e. The minimum atomic E-state index is -0.00641. The Kier molecular flexibility index (Phi) is 5.94. The van der Waals surface area contributed by atoms with Crippen molar-refractivity contribution in [1.29, 1.82) is 0 Å².